The van der Waals surface area contributed by atoms with Gasteiger partial charge in [0.1, 0.15) is 23.1 Å². The molecule has 0 radical (unpaired) electrons. The molecule has 0 aliphatic carbocycles. The summed E-state index contributed by atoms with van der Waals surface area (Å²) in [5.41, 5.74) is 1.60. The molecule has 10 heteroatoms. The first-order valence-corrected chi connectivity index (χ1v) is 13.8. The lowest BCUT2D eigenvalue weighted by Gasteiger charge is -2.41. The smallest absolute Gasteiger partial charge is 0.410 e. The van der Waals surface area contributed by atoms with Gasteiger partial charge in [-0.1, -0.05) is 0 Å². The molecule has 2 aliphatic heterocycles. The number of nitrogens with zero attached hydrogens (tertiary/aromatic N) is 4. The fraction of sp³-hybridized carbons (Fsp3) is 0.464. The molecule has 0 unspecified atom stereocenters. The van der Waals surface area contributed by atoms with Crippen LogP contribution in [-0.2, 0) is 11.3 Å². The lowest BCUT2D eigenvalue weighted by Crippen LogP contribution is -2.55. The Morgan fingerprint density at radius 3 is 2.61 bits per heavy atom. The van der Waals surface area contributed by atoms with Crippen molar-refractivity contribution in [1.82, 2.24) is 14.5 Å². The molecule has 38 heavy (non-hydrogen) atoms. The predicted molar refractivity (Wildman–Crippen MR) is 146 cm³/mol. The van der Waals surface area contributed by atoms with Crippen molar-refractivity contribution in [2.45, 2.75) is 64.1 Å². The fourth-order valence-electron chi connectivity index (χ4n) is 5.28. The number of anilines is 1. The van der Waals surface area contributed by atoms with E-state index in [0.29, 0.717) is 43.1 Å². The van der Waals surface area contributed by atoms with Crippen LogP contribution in [0.4, 0.5) is 19.4 Å². The van der Waals surface area contributed by atoms with Gasteiger partial charge in [-0.05, 0) is 70.6 Å². The summed E-state index contributed by atoms with van der Waals surface area (Å²) in [6, 6.07) is 5.45. The first kappa shape index (κ1) is 26.5. The number of aromatic nitrogens is 2. The largest absolute Gasteiger partial charge is 0.444 e. The normalized spacial score (nSPS) is 18.0. The third-order valence-electron chi connectivity index (χ3n) is 6.92. The minimum atomic E-state index is -0.636. The summed E-state index contributed by atoms with van der Waals surface area (Å²) in [5.74, 6) is 0.0563. The Bertz CT molecular complexity index is 1480. The van der Waals surface area contributed by atoms with Crippen molar-refractivity contribution in [2.75, 3.05) is 30.3 Å². The molecule has 1 aromatic heterocycles. The summed E-state index contributed by atoms with van der Waals surface area (Å²) in [7, 11) is 0. The summed E-state index contributed by atoms with van der Waals surface area (Å²) in [6.45, 7) is 11.3. The maximum absolute atomic E-state index is 15.0. The van der Waals surface area contributed by atoms with E-state index in [1.54, 1.807) is 21.2 Å². The molecule has 202 valence electrons. The van der Waals surface area contributed by atoms with Crippen LogP contribution in [0.3, 0.4) is 0 Å². The molecule has 0 N–H and O–H groups in total. The highest BCUT2D eigenvalue weighted by Crippen LogP contribution is 2.44. The van der Waals surface area contributed by atoms with Gasteiger partial charge >= 0.3 is 11.8 Å². The van der Waals surface area contributed by atoms with Crippen LogP contribution in [0.1, 0.15) is 39.7 Å². The van der Waals surface area contributed by atoms with E-state index in [1.165, 1.54) is 12.1 Å². The zero-order valence-corrected chi connectivity index (χ0v) is 23.1. The van der Waals surface area contributed by atoms with Gasteiger partial charge in [0.2, 0.25) is 0 Å². The van der Waals surface area contributed by atoms with Crippen LogP contribution >= 0.6 is 11.8 Å². The molecule has 2 aliphatic rings. The molecule has 0 bridgehead atoms. The molecule has 1 fully saturated rings. The second-order valence-corrected chi connectivity index (χ2v) is 12.1. The quantitative estimate of drug-likeness (QED) is 0.421. The number of halogens is 2. The average Bonchev–Trinajstić information content (AvgIpc) is 3.05. The highest BCUT2D eigenvalue weighted by atomic mass is 32.2. The predicted octanol–water partition coefficient (Wildman–Crippen LogP) is 5.59. The Hall–Kier alpha value is -3.14. The standard InChI is InChI=1S/C28H32F2N4O3S/c1-16-13-20-23-24(22(16)19-8-7-18(29)14-21(19)30)38-12-6-9-34(23)26(35)31-25(20)33-11-10-32(15-17(33)2)27(36)37-28(3,4)5/h7-8,13-14,17H,6,9-12,15H2,1-5H3/t17-/m0/s1. The second-order valence-electron chi connectivity index (χ2n) is 11.0. The molecule has 3 aromatic rings. The third-order valence-corrected chi connectivity index (χ3v) is 8.10. The van der Waals surface area contributed by atoms with E-state index in [1.807, 2.05) is 40.7 Å². The molecule has 7 nitrogen and oxygen atoms in total. The van der Waals surface area contributed by atoms with Crippen LogP contribution in [0, 0.1) is 18.6 Å². The van der Waals surface area contributed by atoms with Crippen molar-refractivity contribution in [3.05, 3.63) is 51.9 Å². The lowest BCUT2D eigenvalue weighted by molar-refractivity contribution is 0.0218. The van der Waals surface area contributed by atoms with Crippen LogP contribution in [0.2, 0.25) is 0 Å². The molecular weight excluding hydrogens is 510 g/mol. The number of piperazine rings is 1. The number of aryl methyl sites for hydroxylation is 2. The lowest BCUT2D eigenvalue weighted by atomic mass is 9.97. The fourth-order valence-corrected chi connectivity index (χ4v) is 6.53. The molecule has 1 amide bonds. The third kappa shape index (κ3) is 4.86. The van der Waals surface area contributed by atoms with Gasteiger partial charge in [0, 0.05) is 59.7 Å². The molecule has 0 saturated carbocycles. The number of rotatable bonds is 2. The van der Waals surface area contributed by atoms with Crippen molar-refractivity contribution >= 4 is 34.6 Å². The zero-order chi connectivity index (χ0) is 27.4. The van der Waals surface area contributed by atoms with Gasteiger partial charge in [-0.25, -0.2) is 18.4 Å². The maximum Gasteiger partial charge on any atom is 0.410 e. The van der Waals surface area contributed by atoms with Crippen LogP contribution < -0.4 is 10.6 Å². The van der Waals surface area contributed by atoms with Crippen molar-refractivity contribution in [3.63, 3.8) is 0 Å². The number of ether oxygens (including phenoxy) is 1. The number of amides is 1. The van der Waals surface area contributed by atoms with E-state index in [-0.39, 0.29) is 17.8 Å². The molecule has 2 aromatic carbocycles. The first-order valence-electron chi connectivity index (χ1n) is 12.9. The Balaban J connectivity index is 1.63. The number of hydrogen-bond donors (Lipinski definition) is 0. The van der Waals surface area contributed by atoms with Gasteiger partial charge in [-0.2, -0.15) is 4.98 Å². The molecule has 3 heterocycles. The van der Waals surface area contributed by atoms with E-state index in [9.17, 15) is 18.4 Å². The summed E-state index contributed by atoms with van der Waals surface area (Å²) in [4.78, 5) is 35.1. The number of hydrogen-bond acceptors (Lipinski definition) is 6. The Morgan fingerprint density at radius 1 is 1.16 bits per heavy atom. The molecule has 0 spiro atoms. The van der Waals surface area contributed by atoms with E-state index >= 15 is 0 Å². The number of benzene rings is 2. The Morgan fingerprint density at radius 2 is 1.92 bits per heavy atom. The van der Waals surface area contributed by atoms with Crippen molar-refractivity contribution in [2.24, 2.45) is 0 Å². The molecule has 1 saturated heterocycles. The van der Waals surface area contributed by atoms with Crippen LogP contribution in [0.15, 0.2) is 34.0 Å². The van der Waals surface area contributed by atoms with Crippen molar-refractivity contribution in [1.29, 1.82) is 0 Å². The summed E-state index contributed by atoms with van der Waals surface area (Å²) < 4.78 is 35.9. The van der Waals surface area contributed by atoms with Gasteiger partial charge in [-0.3, -0.25) is 4.57 Å². The minimum absolute atomic E-state index is 0.113. The zero-order valence-electron chi connectivity index (χ0n) is 22.3. The van der Waals surface area contributed by atoms with Crippen molar-refractivity contribution in [3.8, 4) is 11.1 Å². The SMILES string of the molecule is Cc1cc2c(N3CCN(C(=O)OC(C)(C)C)C[C@@H]3C)nc(=O)n3c2c(c1-c1ccc(F)cc1F)SCCC3. The second kappa shape index (κ2) is 9.87. The van der Waals surface area contributed by atoms with E-state index in [2.05, 4.69) is 9.88 Å². The number of carbonyl (C=O) groups excluding carboxylic acids is 1. The van der Waals surface area contributed by atoms with Gasteiger partial charge < -0.3 is 14.5 Å². The van der Waals surface area contributed by atoms with Crippen LogP contribution in [-0.4, -0.2) is 57.6 Å². The van der Waals surface area contributed by atoms with Gasteiger partial charge in [0.05, 0.1) is 5.52 Å². The van der Waals surface area contributed by atoms with Gasteiger partial charge in [-0.15, -0.1) is 11.8 Å². The monoisotopic (exact) mass is 542 g/mol. The summed E-state index contributed by atoms with van der Waals surface area (Å²) >= 11 is 1.59. The average molecular weight is 543 g/mol. The van der Waals surface area contributed by atoms with E-state index < -0.39 is 17.2 Å². The minimum Gasteiger partial charge on any atom is -0.444 e. The topological polar surface area (TPSA) is 67.7 Å². The van der Waals surface area contributed by atoms with Crippen LogP contribution in [0.25, 0.3) is 22.0 Å². The Kier molecular flexibility index (Phi) is 6.87. The van der Waals surface area contributed by atoms with E-state index in [4.69, 9.17) is 4.74 Å². The van der Waals surface area contributed by atoms with E-state index in [0.717, 1.165) is 39.6 Å². The van der Waals surface area contributed by atoms with Gasteiger partial charge in [0.25, 0.3) is 0 Å². The van der Waals surface area contributed by atoms with Crippen molar-refractivity contribution < 1.29 is 18.3 Å². The number of thioether (sulfide) groups is 1. The maximum atomic E-state index is 15.0. The summed E-state index contributed by atoms with van der Waals surface area (Å²) in [5, 5.41) is 0.815. The molecule has 1 atom stereocenters. The Labute approximate surface area is 224 Å². The number of carbonyl (C=O) groups is 1. The highest BCUT2D eigenvalue weighted by molar-refractivity contribution is 7.99. The molecule has 5 rings (SSSR count). The van der Waals surface area contributed by atoms with Crippen LogP contribution in [0.5, 0.6) is 0 Å². The van der Waals surface area contributed by atoms with Gasteiger partial charge in [0.15, 0.2) is 0 Å². The summed E-state index contributed by atoms with van der Waals surface area (Å²) in [6.07, 6.45) is 0.411. The first-order chi connectivity index (χ1) is 17.9. The highest BCUT2D eigenvalue weighted by Gasteiger charge is 2.33. The molecular formula is C28H32F2N4O3S.